The Morgan fingerprint density at radius 2 is 1.67 bits per heavy atom. The first-order chi connectivity index (χ1) is 4.47. The van der Waals surface area contributed by atoms with Gasteiger partial charge in [-0.25, -0.2) is 0 Å². The van der Waals surface area contributed by atoms with Gasteiger partial charge in [-0.3, -0.25) is 0 Å². The summed E-state index contributed by atoms with van der Waals surface area (Å²) in [6.07, 6.45) is 0. The van der Waals surface area contributed by atoms with Gasteiger partial charge < -0.3 is 0 Å². The van der Waals surface area contributed by atoms with Crippen LogP contribution < -0.4 is 5.12 Å². The highest BCUT2D eigenvalue weighted by Gasteiger charge is 2.11. The summed E-state index contributed by atoms with van der Waals surface area (Å²) in [6, 6.07) is 9.80. The predicted molar refractivity (Wildman–Crippen MR) is 33.8 cm³/mol. The standard InChI is InChI=1S/C6H5N3/c1-2-4-6(5-3-1)9-7-8-9/h1-5H. The van der Waals surface area contributed by atoms with Crippen molar-refractivity contribution in [3.63, 3.8) is 0 Å². The first-order valence-corrected chi connectivity index (χ1v) is 2.73. The van der Waals surface area contributed by atoms with Crippen LogP contribution in [0.15, 0.2) is 40.8 Å². The Morgan fingerprint density at radius 3 is 2.22 bits per heavy atom. The van der Waals surface area contributed by atoms with E-state index in [1.807, 2.05) is 30.3 Å². The van der Waals surface area contributed by atoms with Crippen LogP contribution in [0.5, 0.6) is 0 Å². The van der Waals surface area contributed by atoms with E-state index in [9.17, 15) is 0 Å². The van der Waals surface area contributed by atoms with Gasteiger partial charge in [0.2, 0.25) is 0 Å². The van der Waals surface area contributed by atoms with E-state index in [-0.39, 0.29) is 0 Å². The topological polar surface area (TPSA) is 27.7 Å². The average Bonchev–Trinajstić information content (AvgIpc) is 2.71. The molecule has 1 aromatic carbocycles. The van der Waals surface area contributed by atoms with Gasteiger partial charge in [-0.15, -0.1) is 5.12 Å². The summed E-state index contributed by atoms with van der Waals surface area (Å²) >= 11 is 0. The first-order valence-electron chi connectivity index (χ1n) is 2.73. The zero-order chi connectivity index (χ0) is 6.10. The fraction of sp³-hybridized carbons (Fsp3) is 0. The summed E-state index contributed by atoms with van der Waals surface area (Å²) in [4.78, 5) is 0. The number of nitrogens with zero attached hydrogens (tertiary/aromatic N) is 3. The minimum atomic E-state index is 1.03. The first kappa shape index (κ1) is 4.49. The zero-order valence-corrected chi connectivity index (χ0v) is 4.73. The molecule has 9 heavy (non-hydrogen) atoms. The molecule has 0 fully saturated rings. The quantitative estimate of drug-likeness (QED) is 0.553. The molecule has 3 nitrogen and oxygen atoms in total. The maximum Gasteiger partial charge on any atom is 0.0893 e. The smallest absolute Gasteiger partial charge is 0.0893 e. The predicted octanol–water partition coefficient (Wildman–Crippen LogP) is 1.79. The van der Waals surface area contributed by atoms with Gasteiger partial charge in [0.25, 0.3) is 0 Å². The molecule has 0 unspecified atom stereocenters. The second-order valence-corrected chi connectivity index (χ2v) is 1.80. The van der Waals surface area contributed by atoms with Gasteiger partial charge in [-0.2, -0.15) is 0 Å². The zero-order valence-electron chi connectivity index (χ0n) is 4.73. The normalized spacial score (nSPS) is 14.0. The van der Waals surface area contributed by atoms with Crippen molar-refractivity contribution in [2.24, 2.45) is 10.4 Å². The van der Waals surface area contributed by atoms with Crippen molar-refractivity contribution in [1.82, 2.24) is 0 Å². The van der Waals surface area contributed by atoms with Gasteiger partial charge in [0.05, 0.1) is 5.69 Å². The van der Waals surface area contributed by atoms with E-state index >= 15 is 0 Å². The van der Waals surface area contributed by atoms with E-state index in [2.05, 4.69) is 10.4 Å². The highest BCUT2D eigenvalue weighted by molar-refractivity contribution is 5.45. The van der Waals surface area contributed by atoms with Crippen molar-refractivity contribution in [3.8, 4) is 0 Å². The second-order valence-electron chi connectivity index (χ2n) is 1.80. The van der Waals surface area contributed by atoms with Crippen molar-refractivity contribution in [2.75, 3.05) is 5.12 Å². The molecule has 0 aromatic heterocycles. The number of anilines is 1. The van der Waals surface area contributed by atoms with Gasteiger partial charge in [0, 0.05) is 0 Å². The van der Waals surface area contributed by atoms with E-state index in [0.29, 0.717) is 0 Å². The number of rotatable bonds is 1. The van der Waals surface area contributed by atoms with Gasteiger partial charge in [-0.05, 0) is 22.6 Å². The van der Waals surface area contributed by atoms with Crippen molar-refractivity contribution >= 4 is 5.69 Å². The molecule has 0 atom stereocenters. The Labute approximate surface area is 52.6 Å². The summed E-state index contributed by atoms with van der Waals surface area (Å²) in [6.45, 7) is 0. The van der Waals surface area contributed by atoms with Crippen LogP contribution in [0.2, 0.25) is 0 Å². The van der Waals surface area contributed by atoms with E-state index in [0.717, 1.165) is 5.69 Å². The maximum absolute atomic E-state index is 3.63. The van der Waals surface area contributed by atoms with Crippen LogP contribution in [0.3, 0.4) is 0 Å². The minimum Gasteiger partial charge on any atom is -0.111 e. The van der Waals surface area contributed by atoms with Crippen molar-refractivity contribution in [2.45, 2.75) is 0 Å². The van der Waals surface area contributed by atoms with Crippen LogP contribution in [0.4, 0.5) is 5.69 Å². The SMILES string of the molecule is c1ccc(N2N=N2)cc1. The molecule has 44 valence electrons. The van der Waals surface area contributed by atoms with Gasteiger partial charge in [-0.1, -0.05) is 18.2 Å². The lowest BCUT2D eigenvalue weighted by Gasteiger charge is -1.91. The third-order valence-electron chi connectivity index (χ3n) is 1.17. The van der Waals surface area contributed by atoms with Crippen molar-refractivity contribution in [3.05, 3.63) is 30.3 Å². The van der Waals surface area contributed by atoms with E-state index in [1.165, 1.54) is 0 Å². The van der Waals surface area contributed by atoms with Crippen LogP contribution in [0.1, 0.15) is 0 Å². The lowest BCUT2D eigenvalue weighted by Crippen LogP contribution is -1.86. The van der Waals surface area contributed by atoms with Crippen molar-refractivity contribution < 1.29 is 0 Å². The van der Waals surface area contributed by atoms with E-state index in [1.54, 1.807) is 5.12 Å². The Morgan fingerprint density at radius 1 is 1.00 bits per heavy atom. The third kappa shape index (κ3) is 0.762. The average molecular weight is 119 g/mol. The molecule has 0 spiro atoms. The Bertz CT molecular complexity index is 223. The summed E-state index contributed by atoms with van der Waals surface area (Å²) in [5.41, 5.74) is 1.03. The molecule has 0 bridgehead atoms. The molecule has 1 aromatic rings. The lowest BCUT2D eigenvalue weighted by molar-refractivity contribution is 1.26. The summed E-state index contributed by atoms with van der Waals surface area (Å²) in [5, 5.41) is 8.85. The molecular formula is C6H5N3. The molecular weight excluding hydrogens is 114 g/mol. The lowest BCUT2D eigenvalue weighted by atomic mass is 10.3. The number of benzene rings is 1. The van der Waals surface area contributed by atoms with Gasteiger partial charge in [0.1, 0.15) is 0 Å². The highest BCUT2D eigenvalue weighted by Crippen LogP contribution is 2.21. The fourth-order valence-electron chi connectivity index (χ4n) is 0.685. The second kappa shape index (κ2) is 1.55. The van der Waals surface area contributed by atoms with Crippen LogP contribution >= 0.6 is 0 Å². The molecule has 1 aliphatic heterocycles. The number of hydrogen-bond donors (Lipinski definition) is 0. The molecule has 0 radical (unpaired) electrons. The van der Waals surface area contributed by atoms with Gasteiger partial charge in [0.15, 0.2) is 0 Å². The largest absolute Gasteiger partial charge is 0.111 e. The maximum atomic E-state index is 3.63. The molecule has 3 heteroatoms. The fourth-order valence-corrected chi connectivity index (χ4v) is 0.685. The summed E-state index contributed by atoms with van der Waals surface area (Å²) in [7, 11) is 0. The third-order valence-corrected chi connectivity index (χ3v) is 1.17. The molecule has 1 heterocycles. The van der Waals surface area contributed by atoms with Gasteiger partial charge >= 0.3 is 0 Å². The van der Waals surface area contributed by atoms with Crippen LogP contribution in [-0.4, -0.2) is 0 Å². The number of hydrogen-bond acceptors (Lipinski definition) is 3. The van der Waals surface area contributed by atoms with Crippen molar-refractivity contribution in [1.29, 1.82) is 0 Å². The molecule has 2 rings (SSSR count). The Kier molecular flexibility index (Phi) is 0.773. The molecule has 1 aliphatic rings. The minimum absolute atomic E-state index is 1.03. The summed E-state index contributed by atoms with van der Waals surface area (Å²) < 4.78 is 0. The molecule has 0 aliphatic carbocycles. The van der Waals surface area contributed by atoms with E-state index in [4.69, 9.17) is 0 Å². The Balaban J connectivity index is 2.30. The van der Waals surface area contributed by atoms with E-state index < -0.39 is 0 Å². The molecule has 0 N–H and O–H groups in total. The highest BCUT2D eigenvalue weighted by atomic mass is 15.9. The molecule has 0 saturated carbocycles. The molecule has 0 amide bonds. The monoisotopic (exact) mass is 119 g/mol. The van der Waals surface area contributed by atoms with Crippen LogP contribution in [0.25, 0.3) is 0 Å². The van der Waals surface area contributed by atoms with Crippen LogP contribution in [-0.2, 0) is 0 Å². The number of para-hydroxylation sites is 1. The Hall–Kier alpha value is -1.38. The van der Waals surface area contributed by atoms with Crippen LogP contribution in [0, 0.1) is 0 Å². The molecule has 0 saturated heterocycles. The summed E-state index contributed by atoms with van der Waals surface area (Å²) in [5.74, 6) is 0.